The fourth-order valence-electron chi connectivity index (χ4n) is 4.48. The summed E-state index contributed by atoms with van der Waals surface area (Å²) in [5.74, 6) is 2.20. The molecule has 4 aromatic carbocycles. The quantitative estimate of drug-likeness (QED) is 0.166. The Kier molecular flexibility index (Phi) is 7.62. The number of methoxy groups -OCH3 is 1. The first-order valence-corrected chi connectivity index (χ1v) is 13.8. The van der Waals surface area contributed by atoms with E-state index >= 15 is 0 Å². The number of hydrogen-bond acceptors (Lipinski definition) is 4. The smallest absolute Gasteiger partial charge is 0.497 e. The van der Waals surface area contributed by atoms with Gasteiger partial charge in [-0.05, 0) is 53.1 Å². The van der Waals surface area contributed by atoms with Crippen LogP contribution in [-0.2, 0) is 17.5 Å². The minimum Gasteiger partial charge on any atom is -0.497 e. The molecule has 0 saturated carbocycles. The Balaban J connectivity index is 1.59. The standard InChI is InChI=1S/C31H29N2O4P/c1-3-30-29-17-11-10-12-25(29)22-31(33(30)23-24-18-20-26(35-2)21-19-24)32-38(34,36-27-13-6-4-7-14-27)37-28-15-8-5-9-16-28/h3-21,30H,1,22-23H2,2H3/b32-31-. The largest absolute Gasteiger partial charge is 0.564 e. The van der Waals surface area contributed by atoms with Gasteiger partial charge in [-0.3, -0.25) is 0 Å². The topological polar surface area (TPSA) is 60.4 Å². The van der Waals surface area contributed by atoms with Crippen molar-refractivity contribution in [2.75, 3.05) is 7.11 Å². The number of amidine groups is 1. The van der Waals surface area contributed by atoms with Crippen LogP contribution in [0.3, 0.4) is 0 Å². The third kappa shape index (κ3) is 5.82. The molecule has 1 aliphatic rings. The molecule has 1 heterocycles. The van der Waals surface area contributed by atoms with E-state index in [2.05, 4.69) is 23.6 Å². The van der Waals surface area contributed by atoms with Crippen molar-refractivity contribution >= 4 is 13.6 Å². The molecular formula is C31H29N2O4P. The lowest BCUT2D eigenvalue weighted by atomic mass is 9.91. The molecule has 0 radical (unpaired) electrons. The van der Waals surface area contributed by atoms with Crippen LogP contribution in [0, 0.1) is 0 Å². The highest BCUT2D eigenvalue weighted by Gasteiger charge is 2.35. The molecule has 0 aliphatic carbocycles. The molecule has 0 N–H and O–H groups in total. The lowest BCUT2D eigenvalue weighted by molar-refractivity contribution is 0.338. The maximum absolute atomic E-state index is 14.3. The zero-order valence-electron chi connectivity index (χ0n) is 21.1. The van der Waals surface area contributed by atoms with E-state index in [9.17, 15) is 4.57 Å². The van der Waals surface area contributed by atoms with Crippen LogP contribution in [0.1, 0.15) is 22.7 Å². The van der Waals surface area contributed by atoms with Crippen LogP contribution in [0.4, 0.5) is 0 Å². The van der Waals surface area contributed by atoms with E-state index in [0.29, 0.717) is 30.3 Å². The number of ether oxygens (including phenoxy) is 1. The summed E-state index contributed by atoms with van der Waals surface area (Å²) >= 11 is 0. The minimum atomic E-state index is -4.04. The summed E-state index contributed by atoms with van der Waals surface area (Å²) in [7, 11) is -2.40. The van der Waals surface area contributed by atoms with E-state index in [4.69, 9.17) is 18.5 Å². The maximum Gasteiger partial charge on any atom is 0.564 e. The summed E-state index contributed by atoms with van der Waals surface area (Å²) in [6.07, 6.45) is 2.36. The normalized spacial score (nSPS) is 16.0. The van der Waals surface area contributed by atoms with Crippen LogP contribution in [0.15, 0.2) is 127 Å². The summed E-state index contributed by atoms with van der Waals surface area (Å²) in [5.41, 5.74) is 3.28. The molecule has 0 aromatic heterocycles. The van der Waals surface area contributed by atoms with E-state index in [1.165, 1.54) is 0 Å². The van der Waals surface area contributed by atoms with Crippen LogP contribution in [0.2, 0.25) is 0 Å². The summed E-state index contributed by atoms with van der Waals surface area (Å²) in [4.78, 5) is 2.10. The van der Waals surface area contributed by atoms with E-state index in [1.807, 2.05) is 78.9 Å². The van der Waals surface area contributed by atoms with Gasteiger partial charge in [-0.25, -0.2) is 4.57 Å². The van der Waals surface area contributed by atoms with Gasteiger partial charge in [0.25, 0.3) is 0 Å². The number of nitrogens with zero attached hydrogens (tertiary/aromatic N) is 2. The van der Waals surface area contributed by atoms with Crippen molar-refractivity contribution in [3.8, 4) is 17.2 Å². The first-order valence-electron chi connectivity index (χ1n) is 12.4. The van der Waals surface area contributed by atoms with Crippen molar-refractivity contribution in [2.24, 2.45) is 4.76 Å². The Morgan fingerprint density at radius 3 is 2.00 bits per heavy atom. The van der Waals surface area contributed by atoms with Crippen LogP contribution < -0.4 is 13.8 Å². The molecule has 5 rings (SSSR count). The first-order chi connectivity index (χ1) is 18.6. The molecular weight excluding hydrogens is 495 g/mol. The van der Waals surface area contributed by atoms with Gasteiger partial charge in [-0.15, -0.1) is 11.3 Å². The molecule has 1 unspecified atom stereocenters. The Bertz CT molecular complexity index is 1410. The second-order valence-corrected chi connectivity index (χ2v) is 10.3. The lowest BCUT2D eigenvalue weighted by Crippen LogP contribution is -2.39. The molecule has 0 saturated heterocycles. The molecule has 0 bridgehead atoms. The molecule has 0 amide bonds. The molecule has 0 fully saturated rings. The highest BCUT2D eigenvalue weighted by atomic mass is 31.2. The van der Waals surface area contributed by atoms with Crippen LogP contribution in [-0.4, -0.2) is 17.8 Å². The Morgan fingerprint density at radius 2 is 1.42 bits per heavy atom. The summed E-state index contributed by atoms with van der Waals surface area (Å²) in [6, 6.07) is 33.8. The fourth-order valence-corrected chi connectivity index (χ4v) is 5.84. The molecule has 1 aliphatic heterocycles. The third-order valence-electron chi connectivity index (χ3n) is 6.29. The van der Waals surface area contributed by atoms with Crippen molar-refractivity contribution in [1.29, 1.82) is 0 Å². The van der Waals surface area contributed by atoms with Gasteiger partial charge in [0, 0.05) is 13.0 Å². The molecule has 38 heavy (non-hydrogen) atoms. The average molecular weight is 525 g/mol. The van der Waals surface area contributed by atoms with E-state index in [0.717, 1.165) is 22.4 Å². The predicted octanol–water partition coefficient (Wildman–Crippen LogP) is 7.65. The Hall–Kier alpha value is -4.28. The van der Waals surface area contributed by atoms with E-state index in [1.54, 1.807) is 31.4 Å². The number of hydrogen-bond donors (Lipinski definition) is 0. The van der Waals surface area contributed by atoms with Gasteiger partial charge in [-0.1, -0.05) is 78.9 Å². The van der Waals surface area contributed by atoms with Crippen molar-refractivity contribution in [3.63, 3.8) is 0 Å². The average Bonchev–Trinajstić information content (AvgIpc) is 2.94. The number of benzene rings is 4. The van der Waals surface area contributed by atoms with Crippen molar-refractivity contribution in [1.82, 2.24) is 4.90 Å². The highest BCUT2D eigenvalue weighted by molar-refractivity contribution is 7.53. The molecule has 192 valence electrons. The van der Waals surface area contributed by atoms with Gasteiger partial charge < -0.3 is 18.7 Å². The van der Waals surface area contributed by atoms with Gasteiger partial charge in [0.2, 0.25) is 0 Å². The molecule has 4 aromatic rings. The number of para-hydroxylation sites is 2. The maximum atomic E-state index is 14.3. The number of rotatable bonds is 9. The zero-order chi connectivity index (χ0) is 26.4. The fraction of sp³-hybridized carbons (Fsp3) is 0.129. The van der Waals surface area contributed by atoms with Crippen LogP contribution in [0.25, 0.3) is 0 Å². The van der Waals surface area contributed by atoms with Crippen molar-refractivity contribution in [2.45, 2.75) is 19.0 Å². The van der Waals surface area contributed by atoms with Gasteiger partial charge in [0.05, 0.1) is 13.2 Å². The van der Waals surface area contributed by atoms with Crippen molar-refractivity contribution < 1.29 is 18.3 Å². The first kappa shape index (κ1) is 25.4. The SMILES string of the molecule is C=CC1c2ccccc2C/C(=N/P(=O)(Oc2ccccc2)Oc2ccccc2)N1Cc1ccc(OC)cc1. The van der Waals surface area contributed by atoms with Gasteiger partial charge in [0.1, 0.15) is 23.1 Å². The summed E-state index contributed by atoms with van der Waals surface area (Å²) in [6.45, 7) is 4.64. The van der Waals surface area contributed by atoms with Gasteiger partial charge >= 0.3 is 7.75 Å². The van der Waals surface area contributed by atoms with Gasteiger partial charge in [0.15, 0.2) is 0 Å². The molecule has 7 heteroatoms. The molecule has 1 atom stereocenters. The second-order valence-electron chi connectivity index (χ2n) is 8.83. The predicted molar refractivity (Wildman–Crippen MR) is 151 cm³/mol. The molecule has 6 nitrogen and oxygen atoms in total. The van der Waals surface area contributed by atoms with Crippen molar-refractivity contribution in [3.05, 3.63) is 139 Å². The molecule has 0 spiro atoms. The van der Waals surface area contributed by atoms with E-state index in [-0.39, 0.29) is 6.04 Å². The number of fused-ring (bicyclic) bond motifs is 1. The highest BCUT2D eigenvalue weighted by Crippen LogP contribution is 2.51. The summed E-state index contributed by atoms with van der Waals surface area (Å²) in [5, 5.41) is 0. The van der Waals surface area contributed by atoms with Crippen LogP contribution in [0.5, 0.6) is 17.2 Å². The lowest BCUT2D eigenvalue weighted by Gasteiger charge is -2.38. The zero-order valence-corrected chi connectivity index (χ0v) is 22.0. The minimum absolute atomic E-state index is 0.178. The van der Waals surface area contributed by atoms with E-state index < -0.39 is 7.75 Å². The third-order valence-corrected chi connectivity index (χ3v) is 7.65. The Labute approximate surface area is 223 Å². The van der Waals surface area contributed by atoms with Crippen LogP contribution >= 0.6 is 7.75 Å². The second kappa shape index (κ2) is 11.4. The van der Waals surface area contributed by atoms with Gasteiger partial charge in [-0.2, -0.15) is 0 Å². The monoisotopic (exact) mass is 524 g/mol. The Morgan fingerprint density at radius 1 is 0.842 bits per heavy atom. The summed E-state index contributed by atoms with van der Waals surface area (Å²) < 4.78 is 36.3.